The number of carbonyl (C=O) groups is 1. The van der Waals surface area contributed by atoms with Crippen LogP contribution in [0.4, 0.5) is 0 Å². The summed E-state index contributed by atoms with van der Waals surface area (Å²) in [7, 11) is 3.62. The summed E-state index contributed by atoms with van der Waals surface area (Å²) in [6.07, 6.45) is 6.44. The number of likely N-dealkylation sites (N-methyl/N-ethyl adjacent to an activating group) is 1. The number of pyridine rings is 1. The van der Waals surface area contributed by atoms with Crippen LogP contribution in [0.1, 0.15) is 51.4 Å². The Morgan fingerprint density at radius 2 is 1.51 bits per heavy atom. The molecule has 0 radical (unpaired) electrons. The number of aromatic nitrogens is 2. The molecule has 7 nitrogen and oxygen atoms in total. The molecule has 0 amide bonds. The normalized spacial score (nSPS) is 17.7. The number of fused-ring (bicyclic) bond motifs is 1. The van der Waals surface area contributed by atoms with Gasteiger partial charge in [0.2, 0.25) is 0 Å². The number of nitrogens with zero attached hydrogens (tertiary/aromatic N) is 5. The van der Waals surface area contributed by atoms with Gasteiger partial charge in [-0.3, -0.25) is 9.80 Å². The van der Waals surface area contributed by atoms with E-state index in [1.807, 2.05) is 30.5 Å². The van der Waals surface area contributed by atoms with Crippen molar-refractivity contribution in [2.75, 3.05) is 53.4 Å². The van der Waals surface area contributed by atoms with Crippen LogP contribution in [-0.4, -0.2) is 83.6 Å². The molecule has 41 heavy (non-hydrogen) atoms. The van der Waals surface area contributed by atoms with Gasteiger partial charge in [0.15, 0.2) is 0 Å². The maximum atomic E-state index is 11.8. The number of esters is 1. The molecule has 6 rings (SSSR count). The maximum Gasteiger partial charge on any atom is 0.337 e. The molecule has 0 N–H and O–H groups in total. The number of methoxy groups -OCH3 is 1. The highest BCUT2D eigenvalue weighted by molar-refractivity contribution is 5.89. The van der Waals surface area contributed by atoms with Crippen molar-refractivity contribution in [3.05, 3.63) is 101 Å². The van der Waals surface area contributed by atoms with Gasteiger partial charge in [0.05, 0.1) is 12.7 Å². The Labute approximate surface area is 243 Å². The van der Waals surface area contributed by atoms with E-state index < -0.39 is 0 Å². The highest BCUT2D eigenvalue weighted by atomic mass is 16.5. The molecule has 0 spiro atoms. The second-order valence-corrected chi connectivity index (χ2v) is 11.7. The predicted octanol–water partition coefficient (Wildman–Crippen LogP) is 5.00. The third kappa shape index (κ3) is 6.53. The molecule has 0 bridgehead atoms. The zero-order valence-corrected chi connectivity index (χ0v) is 24.3. The van der Waals surface area contributed by atoms with E-state index in [4.69, 9.17) is 9.72 Å². The number of benzene rings is 2. The van der Waals surface area contributed by atoms with Gasteiger partial charge in [0.1, 0.15) is 5.65 Å². The molecule has 2 saturated heterocycles. The minimum atomic E-state index is -0.310. The summed E-state index contributed by atoms with van der Waals surface area (Å²) < 4.78 is 7.02. The first-order chi connectivity index (χ1) is 20.1. The van der Waals surface area contributed by atoms with E-state index in [0.29, 0.717) is 18.0 Å². The molecule has 2 fully saturated rings. The van der Waals surface area contributed by atoms with Crippen LogP contribution in [0.3, 0.4) is 0 Å². The van der Waals surface area contributed by atoms with Gasteiger partial charge in [-0.15, -0.1) is 0 Å². The zero-order chi connectivity index (χ0) is 28.2. The van der Waals surface area contributed by atoms with Gasteiger partial charge < -0.3 is 14.2 Å². The monoisotopic (exact) mass is 551 g/mol. The second-order valence-electron chi connectivity index (χ2n) is 11.7. The first-order valence-electron chi connectivity index (χ1n) is 14.9. The number of carbonyl (C=O) groups excluding carboxylic acids is 1. The number of rotatable bonds is 8. The van der Waals surface area contributed by atoms with Crippen molar-refractivity contribution in [1.29, 1.82) is 0 Å². The van der Waals surface area contributed by atoms with E-state index in [0.717, 1.165) is 63.6 Å². The Balaban J connectivity index is 1.06. The van der Waals surface area contributed by atoms with E-state index in [-0.39, 0.29) is 5.97 Å². The average Bonchev–Trinajstić information content (AvgIpc) is 3.42. The predicted molar refractivity (Wildman–Crippen MR) is 163 cm³/mol. The molecule has 2 aromatic carbocycles. The fraction of sp³-hybridized carbons (Fsp3) is 0.412. The Morgan fingerprint density at radius 1 is 0.829 bits per heavy atom. The highest BCUT2D eigenvalue weighted by Crippen LogP contribution is 2.33. The molecule has 4 aromatic rings. The van der Waals surface area contributed by atoms with Gasteiger partial charge in [0.25, 0.3) is 0 Å². The minimum Gasteiger partial charge on any atom is -0.465 e. The fourth-order valence-electron chi connectivity index (χ4n) is 6.41. The number of piperazine rings is 1. The van der Waals surface area contributed by atoms with Crippen molar-refractivity contribution in [3.63, 3.8) is 0 Å². The lowest BCUT2D eigenvalue weighted by Gasteiger charge is -2.33. The van der Waals surface area contributed by atoms with Crippen molar-refractivity contribution >= 4 is 17.0 Å². The summed E-state index contributed by atoms with van der Waals surface area (Å²) in [5, 5.41) is 1.26. The Morgan fingerprint density at radius 3 is 2.20 bits per heavy atom. The van der Waals surface area contributed by atoms with Gasteiger partial charge >= 0.3 is 5.97 Å². The summed E-state index contributed by atoms with van der Waals surface area (Å²) in [4.78, 5) is 24.1. The lowest BCUT2D eigenvalue weighted by atomic mass is 9.88. The number of likely N-dealkylation sites (tertiary alicyclic amines) is 1. The summed E-state index contributed by atoms with van der Waals surface area (Å²) in [5.41, 5.74) is 7.01. The van der Waals surface area contributed by atoms with Gasteiger partial charge in [-0.2, -0.15) is 0 Å². The minimum absolute atomic E-state index is 0.310. The molecular formula is C34H41N5O2. The van der Waals surface area contributed by atoms with Crippen LogP contribution in [0.15, 0.2) is 73.1 Å². The molecule has 214 valence electrons. The molecule has 2 aliphatic rings. The molecular weight excluding hydrogens is 510 g/mol. The topological polar surface area (TPSA) is 53.8 Å². The third-order valence-corrected chi connectivity index (χ3v) is 8.85. The van der Waals surface area contributed by atoms with Crippen LogP contribution in [-0.2, 0) is 24.4 Å². The molecule has 0 unspecified atom stereocenters. The zero-order valence-electron chi connectivity index (χ0n) is 24.3. The summed E-state index contributed by atoms with van der Waals surface area (Å²) >= 11 is 0. The molecule has 0 atom stereocenters. The SMILES string of the molecule is COC(=O)c1ccc(Cn2ccc3c(C4CCN(Cc5cccc(CN6CCN(C)CC6)c5)CC4)ccnc32)cc1. The van der Waals surface area contributed by atoms with Crippen molar-refractivity contribution in [2.24, 2.45) is 0 Å². The molecule has 0 aliphatic carbocycles. The second kappa shape index (κ2) is 12.6. The van der Waals surface area contributed by atoms with Crippen molar-refractivity contribution < 1.29 is 9.53 Å². The molecule has 7 heteroatoms. The molecule has 2 aromatic heterocycles. The standard InChI is InChI=1S/C34H41N5O2/c1-36-18-20-38(21-19-36)24-28-5-3-4-27(22-28)23-37-15-11-29(12-16-37)31-10-14-35-33-32(31)13-17-39(33)25-26-6-8-30(9-7-26)34(40)41-2/h3-10,13-14,17,22,29H,11-12,15-16,18-21,23-25H2,1-2H3. The first kappa shape index (κ1) is 27.6. The molecule has 4 heterocycles. The first-order valence-corrected chi connectivity index (χ1v) is 14.9. The Bertz CT molecular complexity index is 1460. The average molecular weight is 552 g/mol. The van der Waals surface area contributed by atoms with Gasteiger partial charge in [0, 0.05) is 63.6 Å². The van der Waals surface area contributed by atoms with Crippen LogP contribution >= 0.6 is 0 Å². The fourth-order valence-corrected chi connectivity index (χ4v) is 6.41. The summed E-state index contributed by atoms with van der Waals surface area (Å²) in [6, 6.07) is 21.3. The summed E-state index contributed by atoms with van der Waals surface area (Å²) in [5.74, 6) is 0.241. The van der Waals surface area contributed by atoms with E-state index >= 15 is 0 Å². The van der Waals surface area contributed by atoms with Crippen molar-refractivity contribution in [1.82, 2.24) is 24.3 Å². The molecule has 0 saturated carbocycles. The van der Waals surface area contributed by atoms with Crippen LogP contribution in [0.5, 0.6) is 0 Å². The van der Waals surface area contributed by atoms with Crippen LogP contribution in [0, 0.1) is 0 Å². The van der Waals surface area contributed by atoms with E-state index in [9.17, 15) is 4.79 Å². The smallest absolute Gasteiger partial charge is 0.337 e. The van der Waals surface area contributed by atoms with Crippen molar-refractivity contribution in [2.45, 2.75) is 38.4 Å². The number of hydrogen-bond acceptors (Lipinski definition) is 6. The number of piperidine rings is 1. The van der Waals surface area contributed by atoms with Gasteiger partial charge in [-0.25, -0.2) is 9.78 Å². The van der Waals surface area contributed by atoms with Crippen LogP contribution in [0.25, 0.3) is 11.0 Å². The number of hydrogen-bond donors (Lipinski definition) is 0. The van der Waals surface area contributed by atoms with Gasteiger partial charge in [-0.05, 0) is 85.4 Å². The lowest BCUT2D eigenvalue weighted by molar-refractivity contribution is 0.0600. The number of ether oxygens (including phenoxy) is 1. The van der Waals surface area contributed by atoms with E-state index in [1.165, 1.54) is 42.0 Å². The quantitative estimate of drug-likeness (QED) is 0.288. The van der Waals surface area contributed by atoms with E-state index in [1.54, 1.807) is 0 Å². The Hall–Kier alpha value is -3.52. The lowest BCUT2D eigenvalue weighted by Crippen LogP contribution is -2.43. The summed E-state index contributed by atoms with van der Waals surface area (Å²) in [6.45, 7) is 9.67. The van der Waals surface area contributed by atoms with Crippen LogP contribution < -0.4 is 0 Å². The van der Waals surface area contributed by atoms with Crippen LogP contribution in [0.2, 0.25) is 0 Å². The highest BCUT2D eigenvalue weighted by Gasteiger charge is 2.23. The van der Waals surface area contributed by atoms with Crippen molar-refractivity contribution in [3.8, 4) is 0 Å². The maximum absolute atomic E-state index is 11.8. The Kier molecular flexibility index (Phi) is 8.46. The van der Waals surface area contributed by atoms with Gasteiger partial charge in [-0.1, -0.05) is 36.4 Å². The largest absolute Gasteiger partial charge is 0.465 e. The van der Waals surface area contributed by atoms with E-state index in [2.05, 4.69) is 68.9 Å². The molecule has 2 aliphatic heterocycles. The third-order valence-electron chi connectivity index (χ3n) is 8.85.